The van der Waals surface area contributed by atoms with Crippen LogP contribution in [-0.4, -0.2) is 29.7 Å². The van der Waals surface area contributed by atoms with Gasteiger partial charge in [0, 0.05) is 10.0 Å². The summed E-state index contributed by atoms with van der Waals surface area (Å²) in [7, 11) is 0. The number of benzene rings is 1. The second-order valence-electron chi connectivity index (χ2n) is 6.00. The Morgan fingerprint density at radius 2 is 1.89 bits per heavy atom. The van der Waals surface area contributed by atoms with Crippen molar-refractivity contribution in [3.05, 3.63) is 70.7 Å². The topological polar surface area (TPSA) is 136 Å². The summed E-state index contributed by atoms with van der Waals surface area (Å²) >= 11 is 12.6. The minimum Gasteiger partial charge on any atom is -0.392 e. The monoisotopic (exact) mass is 429 g/mol. The van der Waals surface area contributed by atoms with E-state index in [4.69, 9.17) is 30.4 Å². The quantitative estimate of drug-likeness (QED) is 0.617. The van der Waals surface area contributed by atoms with E-state index in [0.29, 0.717) is 10.2 Å². The molecule has 10 nitrogen and oxygen atoms in total. The van der Waals surface area contributed by atoms with Crippen molar-refractivity contribution in [1.29, 1.82) is 0 Å². The molecule has 12 heteroatoms. The second-order valence-corrected chi connectivity index (χ2v) is 6.81. The van der Waals surface area contributed by atoms with Crippen LogP contribution in [0.5, 0.6) is 0 Å². The first-order valence-electron chi connectivity index (χ1n) is 8.91. The lowest BCUT2D eigenvalue weighted by Gasteiger charge is -2.10. The molecule has 3 rings (SSSR count). The first-order chi connectivity index (χ1) is 13.9. The van der Waals surface area contributed by atoms with Gasteiger partial charge in [0.1, 0.15) is 0 Å². The van der Waals surface area contributed by atoms with Crippen LogP contribution in [0.3, 0.4) is 0 Å². The highest BCUT2D eigenvalue weighted by molar-refractivity contribution is 6.36. The Morgan fingerprint density at radius 3 is 2.43 bits per heavy atom. The van der Waals surface area contributed by atoms with Crippen LogP contribution >= 0.6 is 23.2 Å². The van der Waals surface area contributed by atoms with Crippen LogP contribution in [0.4, 0.5) is 0 Å². The number of rotatable bonds is 5. The molecule has 2 aromatic heterocycles. The number of aliphatic hydroxyl groups is 1. The maximum absolute atomic E-state index is 12.1. The highest BCUT2D eigenvalue weighted by Gasteiger charge is 2.17. The predicted molar refractivity (Wildman–Crippen MR) is 100 cm³/mol. The average Bonchev–Trinajstić information content (AvgIpc) is 2.97. The van der Waals surface area contributed by atoms with E-state index in [9.17, 15) is 19.5 Å². The van der Waals surface area contributed by atoms with Crippen LogP contribution in [0, 0.1) is 0 Å². The standard InChI is InChI=1S/C16H15Cl2N5O5/c1-7(2)22-16(27)28-13(21-22)5-9-10(17)3-8(4-11(9)18)23-15(26)19-14(25)12(6-24)20-23/h3-4,7,24H,5-6H2,1-2H3,(H,19,25,26)/i6D2. The number of nitrogens with one attached hydrogen (secondary N) is 1. The van der Waals surface area contributed by atoms with Gasteiger partial charge in [-0.3, -0.25) is 9.78 Å². The average molecular weight is 430 g/mol. The highest BCUT2D eigenvalue weighted by Crippen LogP contribution is 2.29. The maximum atomic E-state index is 12.1. The molecule has 2 N–H and O–H groups in total. The zero-order valence-corrected chi connectivity index (χ0v) is 16.1. The molecule has 0 aliphatic rings. The molecule has 0 unspecified atom stereocenters. The van der Waals surface area contributed by atoms with Gasteiger partial charge in [-0.05, 0) is 31.5 Å². The molecule has 0 amide bonds. The van der Waals surface area contributed by atoms with E-state index in [1.165, 1.54) is 16.8 Å². The van der Waals surface area contributed by atoms with Crippen LogP contribution in [0.25, 0.3) is 5.69 Å². The maximum Gasteiger partial charge on any atom is 0.437 e. The number of aromatic amines is 1. The molecule has 0 spiro atoms. The number of aromatic nitrogens is 5. The fourth-order valence-corrected chi connectivity index (χ4v) is 3.02. The van der Waals surface area contributed by atoms with Crippen molar-refractivity contribution < 1.29 is 12.3 Å². The molecule has 0 saturated heterocycles. The third-order valence-electron chi connectivity index (χ3n) is 3.73. The van der Waals surface area contributed by atoms with E-state index in [1.807, 2.05) is 4.98 Å². The Hall–Kier alpha value is -2.69. The summed E-state index contributed by atoms with van der Waals surface area (Å²) < 4.78 is 21.4. The normalized spacial score (nSPS) is 12.9. The Balaban J connectivity index is 2.06. The molecule has 1 aromatic carbocycles. The van der Waals surface area contributed by atoms with Crippen LogP contribution in [-0.2, 0) is 13.0 Å². The lowest BCUT2D eigenvalue weighted by molar-refractivity contribution is 0.271. The lowest BCUT2D eigenvalue weighted by atomic mass is 10.1. The van der Waals surface area contributed by atoms with Gasteiger partial charge in [0.25, 0.3) is 5.56 Å². The molecule has 0 atom stereocenters. The Kier molecular flexibility index (Phi) is 4.81. The van der Waals surface area contributed by atoms with Crippen molar-refractivity contribution >= 4 is 23.2 Å². The van der Waals surface area contributed by atoms with Gasteiger partial charge < -0.3 is 9.52 Å². The molecule has 0 aliphatic heterocycles. The third kappa shape index (κ3) is 3.79. The number of halogens is 2. The fourth-order valence-electron chi connectivity index (χ4n) is 2.41. The highest BCUT2D eigenvalue weighted by atomic mass is 35.5. The molecule has 3 aromatic rings. The molecule has 0 bridgehead atoms. The summed E-state index contributed by atoms with van der Waals surface area (Å²) in [5.74, 6) is -0.543. The molecule has 0 radical (unpaired) electrons. The predicted octanol–water partition coefficient (Wildman–Crippen LogP) is 1.04. The van der Waals surface area contributed by atoms with E-state index in [1.54, 1.807) is 13.8 Å². The minimum atomic E-state index is -3.08. The Bertz CT molecular complexity index is 1270. The molecule has 0 aliphatic carbocycles. The molecular weight excluding hydrogens is 413 g/mol. The Labute approximate surface area is 169 Å². The Morgan fingerprint density at radius 1 is 1.25 bits per heavy atom. The molecule has 2 heterocycles. The number of hydrogen-bond donors (Lipinski definition) is 2. The van der Waals surface area contributed by atoms with E-state index in [2.05, 4.69) is 10.2 Å². The number of H-pyrrole nitrogens is 1. The zero-order chi connectivity index (χ0) is 22.4. The van der Waals surface area contributed by atoms with Gasteiger partial charge in [-0.15, -0.1) is 5.10 Å². The van der Waals surface area contributed by atoms with Crippen molar-refractivity contribution in [2.75, 3.05) is 0 Å². The van der Waals surface area contributed by atoms with Crippen LogP contribution in [0.2, 0.25) is 10.0 Å². The van der Waals surface area contributed by atoms with E-state index < -0.39 is 29.3 Å². The van der Waals surface area contributed by atoms with Gasteiger partial charge >= 0.3 is 11.4 Å². The summed E-state index contributed by atoms with van der Waals surface area (Å²) in [4.78, 5) is 37.5. The molecule has 148 valence electrons. The van der Waals surface area contributed by atoms with Gasteiger partial charge in [-0.1, -0.05) is 23.2 Å². The largest absolute Gasteiger partial charge is 0.437 e. The van der Waals surface area contributed by atoms with E-state index in [-0.39, 0.29) is 34.1 Å². The third-order valence-corrected chi connectivity index (χ3v) is 4.41. The summed E-state index contributed by atoms with van der Waals surface area (Å²) in [6.07, 6.45) is -0.00863. The van der Waals surface area contributed by atoms with Crippen LogP contribution < -0.4 is 17.0 Å². The first kappa shape index (κ1) is 17.4. The van der Waals surface area contributed by atoms with Gasteiger partial charge in [0.15, 0.2) is 5.69 Å². The molecule has 0 fully saturated rings. The number of nitrogens with zero attached hydrogens (tertiary/aromatic N) is 4. The first-order valence-corrected chi connectivity index (χ1v) is 8.67. The van der Waals surface area contributed by atoms with Gasteiger partial charge in [0.05, 0.1) is 27.5 Å². The lowest BCUT2D eigenvalue weighted by Crippen LogP contribution is -2.34. The van der Waals surface area contributed by atoms with Crippen molar-refractivity contribution in [2.24, 2.45) is 0 Å². The minimum absolute atomic E-state index is 0.00863. The zero-order valence-electron chi connectivity index (χ0n) is 16.6. The second kappa shape index (κ2) is 7.74. The van der Waals surface area contributed by atoms with Crippen molar-refractivity contribution in [1.82, 2.24) is 24.5 Å². The summed E-state index contributed by atoms with van der Waals surface area (Å²) in [6.45, 7) is 0.449. The van der Waals surface area contributed by atoms with E-state index >= 15 is 0 Å². The van der Waals surface area contributed by atoms with Crippen molar-refractivity contribution in [2.45, 2.75) is 32.9 Å². The van der Waals surface area contributed by atoms with Crippen LogP contribution in [0.1, 0.15) is 39.8 Å². The SMILES string of the molecule is [2H]C([2H])(O)c1nn(-c2cc(Cl)c(Cc3nn(C(C)C)c(=O)o3)c(Cl)c2)c(=O)[nH]c1=O. The van der Waals surface area contributed by atoms with Crippen molar-refractivity contribution in [3.63, 3.8) is 0 Å². The summed E-state index contributed by atoms with van der Waals surface area (Å²) in [6, 6.07) is 2.39. The molecule has 28 heavy (non-hydrogen) atoms. The van der Waals surface area contributed by atoms with Gasteiger partial charge in [-0.25, -0.2) is 9.59 Å². The van der Waals surface area contributed by atoms with Crippen LogP contribution in [0.15, 0.2) is 30.9 Å². The van der Waals surface area contributed by atoms with Crippen molar-refractivity contribution in [3.8, 4) is 5.69 Å². The molecular formula is C16H15Cl2N5O5. The summed E-state index contributed by atoms with van der Waals surface area (Å²) in [5.41, 5.74) is -2.72. The fraction of sp³-hybridized carbons (Fsp3) is 0.312. The number of hydrogen-bond acceptors (Lipinski definition) is 7. The van der Waals surface area contributed by atoms with E-state index in [0.717, 1.165) is 0 Å². The van der Waals surface area contributed by atoms with Gasteiger partial charge in [-0.2, -0.15) is 14.5 Å². The summed E-state index contributed by atoms with van der Waals surface area (Å²) in [5, 5.41) is 17.3. The smallest absolute Gasteiger partial charge is 0.392 e. The van der Waals surface area contributed by atoms with Gasteiger partial charge in [0.2, 0.25) is 5.89 Å². The molecule has 0 saturated carbocycles.